The van der Waals surface area contributed by atoms with Gasteiger partial charge in [0.25, 0.3) is 5.56 Å². The minimum absolute atomic E-state index is 0.204. The molecule has 1 aromatic carbocycles. The van der Waals surface area contributed by atoms with Crippen LogP contribution in [0.3, 0.4) is 0 Å². The van der Waals surface area contributed by atoms with E-state index in [1.807, 2.05) is 12.1 Å². The first-order valence-corrected chi connectivity index (χ1v) is 5.10. The van der Waals surface area contributed by atoms with Gasteiger partial charge in [0, 0.05) is 6.42 Å². The number of nitrogens with zero attached hydrogens (tertiary/aromatic N) is 2. The van der Waals surface area contributed by atoms with Crippen LogP contribution in [0.1, 0.15) is 12.2 Å². The van der Waals surface area contributed by atoms with Crippen LogP contribution in [-0.4, -0.2) is 9.66 Å². The van der Waals surface area contributed by atoms with E-state index in [0.29, 0.717) is 23.1 Å². The molecule has 2 rings (SSSR count). The van der Waals surface area contributed by atoms with Gasteiger partial charge in [-0.3, -0.25) is 4.79 Å². The summed E-state index contributed by atoms with van der Waals surface area (Å²) < 4.78 is 1.12. The normalized spacial score (nSPS) is 10.5. The number of fused-ring (bicyclic) bond motifs is 1. The number of nitrogens with two attached hydrogens (primary N) is 1. The maximum Gasteiger partial charge on any atom is 0.279 e. The average molecular weight is 215 g/mol. The van der Waals surface area contributed by atoms with Crippen molar-refractivity contribution in [2.45, 2.75) is 12.8 Å². The number of benzene rings is 1. The second-order valence-corrected chi connectivity index (χ2v) is 3.55. The molecule has 0 amide bonds. The molecular weight excluding hydrogens is 202 g/mol. The van der Waals surface area contributed by atoms with Crippen LogP contribution in [0.15, 0.2) is 41.7 Å². The van der Waals surface area contributed by atoms with Gasteiger partial charge in [0.2, 0.25) is 0 Å². The van der Waals surface area contributed by atoms with Crippen LogP contribution in [-0.2, 0) is 6.42 Å². The number of para-hydroxylation sites is 1. The molecule has 0 saturated carbocycles. The molecule has 0 aliphatic carbocycles. The van der Waals surface area contributed by atoms with Crippen LogP contribution in [0.25, 0.3) is 10.9 Å². The Hall–Kier alpha value is -2.10. The number of aryl methyl sites for hydroxylation is 1. The fraction of sp³-hybridized carbons (Fsp3) is 0.167. The number of allylic oxidation sites excluding steroid dienone is 1. The van der Waals surface area contributed by atoms with E-state index >= 15 is 0 Å². The van der Waals surface area contributed by atoms with Gasteiger partial charge < -0.3 is 5.84 Å². The van der Waals surface area contributed by atoms with E-state index in [1.54, 1.807) is 18.2 Å². The fourth-order valence-corrected chi connectivity index (χ4v) is 1.60. The first kappa shape index (κ1) is 10.4. The number of nitrogen functional groups attached to an aromatic ring is 1. The van der Waals surface area contributed by atoms with E-state index < -0.39 is 0 Å². The number of aromatic nitrogens is 2. The summed E-state index contributed by atoms with van der Waals surface area (Å²) in [4.78, 5) is 16.2. The molecular formula is C12H13N3O. The third kappa shape index (κ3) is 1.69. The predicted octanol–water partition coefficient (Wildman–Crippen LogP) is 1.23. The van der Waals surface area contributed by atoms with Crippen LogP contribution >= 0.6 is 0 Å². The summed E-state index contributed by atoms with van der Waals surface area (Å²) in [6, 6.07) is 7.20. The first-order chi connectivity index (χ1) is 7.74. The van der Waals surface area contributed by atoms with Gasteiger partial charge in [0.05, 0.1) is 10.9 Å². The molecule has 2 aromatic rings. The molecule has 0 radical (unpaired) electrons. The van der Waals surface area contributed by atoms with Crippen molar-refractivity contribution in [1.29, 1.82) is 0 Å². The van der Waals surface area contributed by atoms with E-state index in [0.717, 1.165) is 11.1 Å². The smallest absolute Gasteiger partial charge is 0.279 e. The van der Waals surface area contributed by atoms with E-state index in [9.17, 15) is 4.79 Å². The van der Waals surface area contributed by atoms with Crippen molar-refractivity contribution < 1.29 is 0 Å². The molecule has 4 heteroatoms. The second-order valence-electron chi connectivity index (χ2n) is 3.55. The van der Waals surface area contributed by atoms with Gasteiger partial charge in [-0.25, -0.2) is 9.66 Å². The number of rotatable bonds is 3. The lowest BCUT2D eigenvalue weighted by atomic mass is 10.2. The summed E-state index contributed by atoms with van der Waals surface area (Å²) >= 11 is 0. The topological polar surface area (TPSA) is 60.9 Å². The quantitative estimate of drug-likeness (QED) is 0.618. The lowest BCUT2D eigenvalue weighted by Gasteiger charge is -2.07. The third-order valence-corrected chi connectivity index (χ3v) is 2.45. The molecule has 0 spiro atoms. The van der Waals surface area contributed by atoms with Crippen molar-refractivity contribution >= 4 is 10.9 Å². The van der Waals surface area contributed by atoms with Crippen molar-refractivity contribution in [3.8, 4) is 0 Å². The Morgan fingerprint density at radius 1 is 1.44 bits per heavy atom. The van der Waals surface area contributed by atoms with Gasteiger partial charge in [0.1, 0.15) is 5.82 Å². The van der Waals surface area contributed by atoms with Crippen LogP contribution in [0.5, 0.6) is 0 Å². The molecule has 0 bridgehead atoms. The van der Waals surface area contributed by atoms with Crippen LogP contribution in [0.4, 0.5) is 0 Å². The highest BCUT2D eigenvalue weighted by Gasteiger charge is 2.07. The summed E-state index contributed by atoms with van der Waals surface area (Å²) in [5.74, 6) is 6.28. The zero-order valence-corrected chi connectivity index (χ0v) is 8.89. The van der Waals surface area contributed by atoms with Crippen LogP contribution in [0.2, 0.25) is 0 Å². The molecule has 82 valence electrons. The van der Waals surface area contributed by atoms with Crippen molar-refractivity contribution in [3.05, 3.63) is 53.1 Å². The Morgan fingerprint density at radius 2 is 2.19 bits per heavy atom. The largest absolute Gasteiger partial charge is 0.335 e. The molecule has 0 fully saturated rings. The second kappa shape index (κ2) is 4.18. The Balaban J connectivity index is 2.64. The van der Waals surface area contributed by atoms with Gasteiger partial charge >= 0.3 is 0 Å². The van der Waals surface area contributed by atoms with E-state index in [4.69, 9.17) is 5.84 Å². The maximum absolute atomic E-state index is 11.9. The summed E-state index contributed by atoms with van der Waals surface area (Å²) in [5.41, 5.74) is 0.484. The molecule has 0 atom stereocenters. The van der Waals surface area contributed by atoms with E-state index in [1.165, 1.54) is 0 Å². The Morgan fingerprint density at radius 3 is 2.94 bits per heavy atom. The molecule has 0 unspecified atom stereocenters. The lowest BCUT2D eigenvalue weighted by Crippen LogP contribution is -2.31. The van der Waals surface area contributed by atoms with Crippen molar-refractivity contribution in [2.75, 3.05) is 5.84 Å². The van der Waals surface area contributed by atoms with Gasteiger partial charge in [-0.1, -0.05) is 18.2 Å². The summed E-state index contributed by atoms with van der Waals surface area (Å²) in [6.45, 7) is 3.63. The maximum atomic E-state index is 11.9. The first-order valence-electron chi connectivity index (χ1n) is 5.10. The van der Waals surface area contributed by atoms with Crippen LogP contribution in [0, 0.1) is 0 Å². The molecule has 1 heterocycles. The molecule has 0 saturated heterocycles. The van der Waals surface area contributed by atoms with Crippen LogP contribution < -0.4 is 11.4 Å². The Kier molecular flexibility index (Phi) is 2.72. The van der Waals surface area contributed by atoms with E-state index in [-0.39, 0.29) is 5.56 Å². The highest BCUT2D eigenvalue weighted by molar-refractivity contribution is 5.77. The zero-order chi connectivity index (χ0) is 11.5. The summed E-state index contributed by atoms with van der Waals surface area (Å²) in [6.07, 6.45) is 3.16. The summed E-state index contributed by atoms with van der Waals surface area (Å²) in [7, 11) is 0. The van der Waals surface area contributed by atoms with Crippen molar-refractivity contribution in [2.24, 2.45) is 0 Å². The average Bonchev–Trinajstić information content (AvgIpc) is 2.32. The molecule has 16 heavy (non-hydrogen) atoms. The zero-order valence-electron chi connectivity index (χ0n) is 8.89. The van der Waals surface area contributed by atoms with Gasteiger partial charge in [-0.15, -0.1) is 6.58 Å². The Bertz CT molecular complexity index is 586. The summed E-state index contributed by atoms with van der Waals surface area (Å²) in [5, 5.41) is 0.548. The van der Waals surface area contributed by atoms with E-state index in [2.05, 4.69) is 11.6 Å². The predicted molar refractivity (Wildman–Crippen MR) is 64.7 cm³/mol. The minimum atomic E-state index is -0.204. The highest BCUT2D eigenvalue weighted by atomic mass is 16.1. The van der Waals surface area contributed by atoms with Gasteiger partial charge in [0.15, 0.2) is 0 Å². The molecule has 2 N–H and O–H groups in total. The Labute approximate surface area is 93.0 Å². The third-order valence-electron chi connectivity index (χ3n) is 2.45. The van der Waals surface area contributed by atoms with Gasteiger partial charge in [-0.2, -0.15) is 0 Å². The highest BCUT2D eigenvalue weighted by Crippen LogP contribution is 2.07. The molecule has 1 aromatic heterocycles. The standard InChI is InChI=1S/C12H13N3O/c1-2-3-8-11-14-10-7-5-4-6-9(10)12(16)15(11)13/h2,4-7H,1,3,8,13H2. The molecule has 4 nitrogen and oxygen atoms in total. The minimum Gasteiger partial charge on any atom is -0.335 e. The molecule has 0 aliphatic heterocycles. The SMILES string of the molecule is C=CCCc1nc2ccccc2c(=O)n1N. The fourth-order valence-electron chi connectivity index (χ4n) is 1.60. The number of hydrogen-bond donors (Lipinski definition) is 1. The van der Waals surface area contributed by atoms with Crippen molar-refractivity contribution in [1.82, 2.24) is 9.66 Å². The van der Waals surface area contributed by atoms with Crippen molar-refractivity contribution in [3.63, 3.8) is 0 Å². The lowest BCUT2D eigenvalue weighted by molar-refractivity contribution is 0.773. The molecule has 0 aliphatic rings. The van der Waals surface area contributed by atoms with Gasteiger partial charge in [-0.05, 0) is 18.6 Å². The number of hydrogen-bond acceptors (Lipinski definition) is 3. The monoisotopic (exact) mass is 215 g/mol.